The molecule has 0 bridgehead atoms. The zero-order valence-corrected chi connectivity index (χ0v) is 17.0. The molecular weight excluding hydrogens is 416 g/mol. The number of hydrazone groups is 1. The number of benzene rings is 3. The number of carbonyl (C=O) groups excluding carboxylic acids is 1. The molecule has 1 aromatic heterocycles. The van der Waals surface area contributed by atoms with E-state index in [4.69, 9.17) is 11.6 Å². The van der Waals surface area contributed by atoms with Gasteiger partial charge in [-0.1, -0.05) is 60.1 Å². The van der Waals surface area contributed by atoms with Gasteiger partial charge in [0.25, 0.3) is 11.6 Å². The lowest BCUT2D eigenvalue weighted by Gasteiger charge is -2.07. The monoisotopic (exact) mass is 432 g/mol. The van der Waals surface area contributed by atoms with Gasteiger partial charge in [-0.25, -0.2) is 5.43 Å². The van der Waals surface area contributed by atoms with Crippen LogP contribution in [-0.4, -0.2) is 21.6 Å². The van der Waals surface area contributed by atoms with Crippen LogP contribution in [0.3, 0.4) is 0 Å². The van der Waals surface area contributed by atoms with Crippen molar-refractivity contribution in [2.45, 2.75) is 6.54 Å². The molecule has 154 valence electrons. The standard InChI is InChI=1S/C23H17ClN4O3/c24-20-10-4-1-7-16(20)14-27-15-17(18-8-2-5-11-21(18)27)13-25-26-23(29)19-9-3-6-12-22(19)28(30)31/h1-13,15H,14H2,(H,26,29)/b25-13-. The highest BCUT2D eigenvalue weighted by atomic mass is 35.5. The van der Waals surface area contributed by atoms with E-state index in [1.54, 1.807) is 6.07 Å². The third kappa shape index (κ3) is 4.31. The van der Waals surface area contributed by atoms with Gasteiger partial charge in [-0.3, -0.25) is 14.9 Å². The molecule has 0 saturated heterocycles. The lowest BCUT2D eigenvalue weighted by Crippen LogP contribution is -2.18. The van der Waals surface area contributed by atoms with Crippen LogP contribution in [0.1, 0.15) is 21.5 Å². The largest absolute Gasteiger partial charge is 0.342 e. The first-order chi connectivity index (χ1) is 15.0. The van der Waals surface area contributed by atoms with Crippen LogP contribution in [0, 0.1) is 10.1 Å². The quantitative estimate of drug-likeness (QED) is 0.263. The maximum Gasteiger partial charge on any atom is 0.282 e. The first-order valence-corrected chi connectivity index (χ1v) is 9.80. The van der Waals surface area contributed by atoms with Gasteiger partial charge in [0.2, 0.25) is 0 Å². The van der Waals surface area contributed by atoms with E-state index < -0.39 is 10.8 Å². The van der Waals surface area contributed by atoms with Crippen LogP contribution < -0.4 is 5.43 Å². The second-order valence-corrected chi connectivity index (χ2v) is 7.20. The maximum atomic E-state index is 12.4. The van der Waals surface area contributed by atoms with Crippen molar-refractivity contribution in [2.24, 2.45) is 5.10 Å². The zero-order valence-electron chi connectivity index (χ0n) is 16.2. The molecule has 0 aliphatic heterocycles. The molecule has 0 unspecified atom stereocenters. The van der Waals surface area contributed by atoms with Gasteiger partial charge in [-0.2, -0.15) is 5.10 Å². The van der Waals surface area contributed by atoms with Crippen molar-refractivity contribution in [1.82, 2.24) is 9.99 Å². The Morgan fingerprint density at radius 3 is 2.58 bits per heavy atom. The molecule has 0 atom stereocenters. The van der Waals surface area contributed by atoms with Crippen LogP contribution in [0.15, 0.2) is 84.1 Å². The van der Waals surface area contributed by atoms with Gasteiger partial charge >= 0.3 is 0 Å². The van der Waals surface area contributed by atoms with Crippen molar-refractivity contribution in [3.05, 3.63) is 111 Å². The Bertz CT molecular complexity index is 1310. The van der Waals surface area contributed by atoms with E-state index in [1.807, 2.05) is 54.7 Å². The molecule has 0 spiro atoms. The van der Waals surface area contributed by atoms with Gasteiger partial charge in [0.1, 0.15) is 5.56 Å². The molecule has 4 rings (SSSR count). The van der Waals surface area contributed by atoms with Crippen LogP contribution >= 0.6 is 11.6 Å². The number of nitrogens with zero attached hydrogens (tertiary/aromatic N) is 3. The molecule has 8 heteroatoms. The normalized spacial score (nSPS) is 11.1. The minimum absolute atomic E-state index is 0.0502. The summed E-state index contributed by atoms with van der Waals surface area (Å²) in [5.41, 5.74) is 4.82. The Morgan fingerprint density at radius 2 is 1.77 bits per heavy atom. The van der Waals surface area contributed by atoms with Crippen molar-refractivity contribution in [2.75, 3.05) is 0 Å². The number of aromatic nitrogens is 1. The number of nitro benzene ring substituents is 1. The molecule has 1 N–H and O–H groups in total. The Morgan fingerprint density at radius 1 is 1.06 bits per heavy atom. The van der Waals surface area contributed by atoms with Crippen LogP contribution in [0.25, 0.3) is 10.9 Å². The SMILES string of the molecule is O=C(N/N=C\c1cn(Cc2ccccc2Cl)c2ccccc12)c1ccccc1[N+](=O)[O-]. The molecule has 3 aromatic carbocycles. The molecule has 4 aromatic rings. The molecule has 31 heavy (non-hydrogen) atoms. The number of halogens is 1. The highest BCUT2D eigenvalue weighted by Crippen LogP contribution is 2.23. The molecule has 0 fully saturated rings. The van der Waals surface area contributed by atoms with Crippen molar-refractivity contribution in [3.63, 3.8) is 0 Å². The van der Waals surface area contributed by atoms with E-state index in [1.165, 1.54) is 24.4 Å². The zero-order chi connectivity index (χ0) is 21.8. The van der Waals surface area contributed by atoms with Crippen LogP contribution in [0.2, 0.25) is 5.02 Å². The van der Waals surface area contributed by atoms with Gasteiger partial charge in [-0.15, -0.1) is 0 Å². The topological polar surface area (TPSA) is 89.5 Å². The highest BCUT2D eigenvalue weighted by molar-refractivity contribution is 6.31. The van der Waals surface area contributed by atoms with Crippen molar-refractivity contribution < 1.29 is 9.72 Å². The number of para-hydroxylation sites is 2. The first-order valence-electron chi connectivity index (χ1n) is 9.42. The smallest absolute Gasteiger partial charge is 0.282 e. The minimum Gasteiger partial charge on any atom is -0.342 e. The van der Waals surface area contributed by atoms with E-state index >= 15 is 0 Å². The molecule has 0 radical (unpaired) electrons. The van der Waals surface area contributed by atoms with Crippen LogP contribution in [0.5, 0.6) is 0 Å². The summed E-state index contributed by atoms with van der Waals surface area (Å²) in [7, 11) is 0. The fourth-order valence-electron chi connectivity index (χ4n) is 3.36. The fraction of sp³-hybridized carbons (Fsp3) is 0.0435. The molecular formula is C23H17ClN4O3. The second kappa shape index (κ2) is 8.81. The Hall–Kier alpha value is -3.97. The fourth-order valence-corrected chi connectivity index (χ4v) is 3.56. The predicted octanol–water partition coefficient (Wildman–Crippen LogP) is 5.02. The van der Waals surface area contributed by atoms with Crippen molar-refractivity contribution in [3.8, 4) is 0 Å². The summed E-state index contributed by atoms with van der Waals surface area (Å²) in [6.07, 6.45) is 3.45. The molecule has 0 aliphatic rings. The number of nitro groups is 1. The molecule has 1 amide bonds. The average Bonchev–Trinajstić information content (AvgIpc) is 3.13. The second-order valence-electron chi connectivity index (χ2n) is 6.79. The van der Waals surface area contributed by atoms with Crippen LogP contribution in [0.4, 0.5) is 5.69 Å². The number of carbonyl (C=O) groups is 1. The van der Waals surface area contributed by atoms with E-state index in [9.17, 15) is 14.9 Å². The van der Waals surface area contributed by atoms with E-state index in [2.05, 4.69) is 15.1 Å². The summed E-state index contributed by atoms with van der Waals surface area (Å²) >= 11 is 6.31. The summed E-state index contributed by atoms with van der Waals surface area (Å²) in [4.78, 5) is 22.9. The third-order valence-corrected chi connectivity index (χ3v) is 5.20. The number of amides is 1. The van der Waals surface area contributed by atoms with Crippen molar-refractivity contribution >= 4 is 40.3 Å². The summed E-state index contributed by atoms with van der Waals surface area (Å²) < 4.78 is 2.06. The predicted molar refractivity (Wildman–Crippen MR) is 121 cm³/mol. The molecule has 0 saturated carbocycles. The summed E-state index contributed by atoms with van der Waals surface area (Å²) in [5, 5.41) is 16.8. The average molecular weight is 433 g/mol. The van der Waals surface area contributed by atoms with Gasteiger partial charge < -0.3 is 4.57 Å². The molecule has 0 aliphatic carbocycles. The summed E-state index contributed by atoms with van der Waals surface area (Å²) in [6, 6.07) is 21.2. The third-order valence-electron chi connectivity index (χ3n) is 4.83. The van der Waals surface area contributed by atoms with E-state index in [0.717, 1.165) is 22.0 Å². The van der Waals surface area contributed by atoms with Crippen LogP contribution in [-0.2, 0) is 6.54 Å². The number of nitrogens with one attached hydrogen (secondary N) is 1. The van der Waals surface area contributed by atoms with E-state index in [0.29, 0.717) is 11.6 Å². The Kier molecular flexibility index (Phi) is 5.77. The Balaban J connectivity index is 1.59. The van der Waals surface area contributed by atoms with Gasteiger partial charge in [0.05, 0.1) is 11.1 Å². The molecule has 7 nitrogen and oxygen atoms in total. The van der Waals surface area contributed by atoms with Gasteiger partial charge in [-0.05, 0) is 23.8 Å². The van der Waals surface area contributed by atoms with Crippen molar-refractivity contribution in [1.29, 1.82) is 0 Å². The number of hydrogen-bond donors (Lipinski definition) is 1. The number of hydrogen-bond acceptors (Lipinski definition) is 4. The molecule has 1 heterocycles. The maximum absolute atomic E-state index is 12.4. The lowest BCUT2D eigenvalue weighted by molar-refractivity contribution is -0.385. The highest BCUT2D eigenvalue weighted by Gasteiger charge is 2.18. The van der Waals surface area contributed by atoms with Gasteiger partial charge in [0, 0.05) is 40.3 Å². The summed E-state index contributed by atoms with van der Waals surface area (Å²) in [6.45, 7) is 0.580. The Labute approximate surface area is 182 Å². The lowest BCUT2D eigenvalue weighted by atomic mass is 10.2. The van der Waals surface area contributed by atoms with E-state index in [-0.39, 0.29) is 11.3 Å². The minimum atomic E-state index is -0.650. The summed E-state index contributed by atoms with van der Waals surface area (Å²) in [5.74, 6) is -0.650. The first kappa shape index (κ1) is 20.3. The van der Waals surface area contributed by atoms with Gasteiger partial charge in [0.15, 0.2) is 0 Å². The number of fused-ring (bicyclic) bond motifs is 1. The number of rotatable bonds is 6.